The van der Waals surface area contributed by atoms with E-state index in [4.69, 9.17) is 0 Å². The van der Waals surface area contributed by atoms with E-state index in [1.165, 1.54) is 12.8 Å². The number of amides is 2. The number of rotatable bonds is 6. The summed E-state index contributed by atoms with van der Waals surface area (Å²) in [7, 11) is 0. The van der Waals surface area contributed by atoms with E-state index in [-0.39, 0.29) is 17.7 Å². The minimum Gasteiger partial charge on any atom is -0.357 e. The standard InChI is InChI=1S/C22H28N4O2/c1-15(2)20(25-21(27)18-9-5-4-8-16(18)3)22(28)24-17-10-11-19(23-14-17)26-12-6-7-13-26/h4-5,8-11,14-15,20H,6-7,12-13H2,1-3H3,(H,24,28)(H,25,27). The number of nitrogens with zero attached hydrogens (tertiary/aromatic N) is 2. The molecule has 0 saturated carbocycles. The van der Waals surface area contributed by atoms with Crippen LogP contribution < -0.4 is 15.5 Å². The first kappa shape index (κ1) is 19.9. The van der Waals surface area contributed by atoms with Gasteiger partial charge in [0.25, 0.3) is 5.91 Å². The molecule has 2 N–H and O–H groups in total. The van der Waals surface area contributed by atoms with E-state index in [2.05, 4.69) is 20.5 Å². The summed E-state index contributed by atoms with van der Waals surface area (Å²) >= 11 is 0. The van der Waals surface area contributed by atoms with Crippen LogP contribution in [0.25, 0.3) is 0 Å². The number of carbonyl (C=O) groups excluding carboxylic acids is 2. The zero-order chi connectivity index (χ0) is 20.1. The molecule has 6 nitrogen and oxygen atoms in total. The minimum atomic E-state index is -0.634. The third-order valence-corrected chi connectivity index (χ3v) is 5.07. The largest absolute Gasteiger partial charge is 0.357 e. The summed E-state index contributed by atoms with van der Waals surface area (Å²) in [5.41, 5.74) is 2.09. The maximum absolute atomic E-state index is 12.8. The molecule has 1 aliphatic rings. The number of pyridine rings is 1. The van der Waals surface area contributed by atoms with Gasteiger partial charge in [-0.1, -0.05) is 32.0 Å². The maximum atomic E-state index is 12.8. The van der Waals surface area contributed by atoms with E-state index >= 15 is 0 Å². The minimum absolute atomic E-state index is 0.0511. The number of hydrogen-bond acceptors (Lipinski definition) is 4. The van der Waals surface area contributed by atoms with E-state index in [9.17, 15) is 9.59 Å². The first-order valence-electron chi connectivity index (χ1n) is 9.84. The fourth-order valence-corrected chi connectivity index (χ4v) is 3.39. The van der Waals surface area contributed by atoms with Crippen molar-refractivity contribution in [2.45, 2.75) is 39.7 Å². The molecule has 0 bridgehead atoms. The van der Waals surface area contributed by atoms with Crippen LogP contribution in [0.4, 0.5) is 11.5 Å². The van der Waals surface area contributed by atoms with E-state index in [0.29, 0.717) is 11.3 Å². The molecule has 148 valence electrons. The Kier molecular flexibility index (Phi) is 6.29. The highest BCUT2D eigenvalue weighted by molar-refractivity contribution is 6.01. The highest BCUT2D eigenvalue weighted by Gasteiger charge is 2.25. The SMILES string of the molecule is Cc1ccccc1C(=O)NC(C(=O)Nc1ccc(N2CCCC2)nc1)C(C)C. The van der Waals surface area contributed by atoms with Crippen LogP contribution in [0.3, 0.4) is 0 Å². The Morgan fingerprint density at radius 3 is 2.39 bits per heavy atom. The summed E-state index contributed by atoms with van der Waals surface area (Å²) in [6, 6.07) is 10.5. The molecule has 1 atom stereocenters. The van der Waals surface area contributed by atoms with Crippen LogP contribution in [-0.2, 0) is 4.79 Å². The Balaban J connectivity index is 1.66. The lowest BCUT2D eigenvalue weighted by atomic mass is 10.0. The lowest BCUT2D eigenvalue weighted by molar-refractivity contribution is -0.118. The van der Waals surface area contributed by atoms with Gasteiger partial charge in [0.15, 0.2) is 0 Å². The Morgan fingerprint density at radius 2 is 1.79 bits per heavy atom. The van der Waals surface area contributed by atoms with Gasteiger partial charge < -0.3 is 15.5 Å². The zero-order valence-corrected chi connectivity index (χ0v) is 16.7. The highest BCUT2D eigenvalue weighted by atomic mass is 16.2. The van der Waals surface area contributed by atoms with Gasteiger partial charge in [0.05, 0.1) is 11.9 Å². The maximum Gasteiger partial charge on any atom is 0.252 e. The fourth-order valence-electron chi connectivity index (χ4n) is 3.39. The van der Waals surface area contributed by atoms with Crippen LogP contribution in [0.15, 0.2) is 42.6 Å². The number of anilines is 2. The molecule has 1 aromatic heterocycles. The molecule has 2 heterocycles. The third kappa shape index (κ3) is 4.68. The van der Waals surface area contributed by atoms with Gasteiger partial charge in [-0.15, -0.1) is 0 Å². The topological polar surface area (TPSA) is 74.3 Å². The Hall–Kier alpha value is -2.89. The van der Waals surface area contributed by atoms with Gasteiger partial charge in [0.1, 0.15) is 11.9 Å². The Bertz CT molecular complexity index is 827. The van der Waals surface area contributed by atoms with Gasteiger partial charge in [0.2, 0.25) is 5.91 Å². The molecule has 1 aromatic carbocycles. The predicted molar refractivity (Wildman–Crippen MR) is 112 cm³/mol. The summed E-state index contributed by atoms with van der Waals surface area (Å²) in [6.45, 7) is 7.76. The quantitative estimate of drug-likeness (QED) is 0.806. The normalized spacial score (nSPS) is 14.8. The van der Waals surface area contributed by atoms with Gasteiger partial charge in [-0.25, -0.2) is 4.98 Å². The third-order valence-electron chi connectivity index (χ3n) is 5.07. The van der Waals surface area contributed by atoms with E-state index in [0.717, 1.165) is 24.5 Å². The van der Waals surface area contributed by atoms with Crippen LogP contribution in [0.2, 0.25) is 0 Å². The number of nitrogens with one attached hydrogen (secondary N) is 2. The van der Waals surface area contributed by atoms with Crippen LogP contribution >= 0.6 is 0 Å². The number of aryl methyl sites for hydroxylation is 1. The predicted octanol–water partition coefficient (Wildman–Crippen LogP) is 3.38. The molecule has 1 aliphatic heterocycles. The molecule has 1 fully saturated rings. The van der Waals surface area contributed by atoms with Crippen LogP contribution in [0, 0.1) is 12.8 Å². The Labute approximate surface area is 166 Å². The van der Waals surface area contributed by atoms with Crippen molar-refractivity contribution in [1.29, 1.82) is 0 Å². The molecule has 2 amide bonds. The molecule has 6 heteroatoms. The van der Waals surface area contributed by atoms with Crippen molar-refractivity contribution < 1.29 is 9.59 Å². The van der Waals surface area contributed by atoms with Crippen molar-refractivity contribution >= 4 is 23.3 Å². The van der Waals surface area contributed by atoms with E-state index in [1.807, 2.05) is 51.1 Å². The monoisotopic (exact) mass is 380 g/mol. The highest BCUT2D eigenvalue weighted by Crippen LogP contribution is 2.19. The first-order valence-corrected chi connectivity index (χ1v) is 9.84. The summed E-state index contributed by atoms with van der Waals surface area (Å²) in [4.78, 5) is 32.1. The molecule has 3 rings (SSSR count). The van der Waals surface area contributed by atoms with Gasteiger partial charge >= 0.3 is 0 Å². The summed E-state index contributed by atoms with van der Waals surface area (Å²) in [6.07, 6.45) is 4.06. The van der Waals surface area contributed by atoms with Crippen LogP contribution in [0.5, 0.6) is 0 Å². The summed E-state index contributed by atoms with van der Waals surface area (Å²) in [5.74, 6) is 0.399. The van der Waals surface area contributed by atoms with Gasteiger partial charge in [0, 0.05) is 18.7 Å². The van der Waals surface area contributed by atoms with Crippen molar-refractivity contribution in [3.8, 4) is 0 Å². The molecule has 1 unspecified atom stereocenters. The molecule has 0 spiro atoms. The molecule has 28 heavy (non-hydrogen) atoms. The number of benzene rings is 1. The van der Waals surface area contributed by atoms with Crippen molar-refractivity contribution in [3.63, 3.8) is 0 Å². The number of carbonyl (C=O) groups is 2. The lowest BCUT2D eigenvalue weighted by Crippen LogP contribution is -2.47. The van der Waals surface area contributed by atoms with E-state index < -0.39 is 6.04 Å². The fraction of sp³-hybridized carbons (Fsp3) is 0.409. The molecular formula is C22H28N4O2. The van der Waals surface area contributed by atoms with Gasteiger partial charge in [-0.05, 0) is 49.4 Å². The Morgan fingerprint density at radius 1 is 1.07 bits per heavy atom. The molecule has 2 aromatic rings. The molecular weight excluding hydrogens is 352 g/mol. The van der Waals surface area contributed by atoms with Crippen LogP contribution in [-0.4, -0.2) is 35.9 Å². The van der Waals surface area contributed by atoms with Gasteiger partial charge in [-0.2, -0.15) is 0 Å². The average Bonchev–Trinajstić information content (AvgIpc) is 3.21. The van der Waals surface area contributed by atoms with Crippen molar-refractivity contribution in [2.24, 2.45) is 5.92 Å². The van der Waals surface area contributed by atoms with Crippen molar-refractivity contribution in [3.05, 3.63) is 53.7 Å². The average molecular weight is 380 g/mol. The second-order valence-electron chi connectivity index (χ2n) is 7.60. The van der Waals surface area contributed by atoms with Gasteiger partial charge in [-0.3, -0.25) is 9.59 Å². The second kappa shape index (κ2) is 8.87. The van der Waals surface area contributed by atoms with Crippen LogP contribution in [0.1, 0.15) is 42.6 Å². The first-order chi connectivity index (χ1) is 13.5. The molecule has 0 radical (unpaired) electrons. The molecule has 0 aliphatic carbocycles. The van der Waals surface area contributed by atoms with Crippen molar-refractivity contribution in [2.75, 3.05) is 23.3 Å². The number of hydrogen-bond donors (Lipinski definition) is 2. The van der Waals surface area contributed by atoms with Crippen molar-refractivity contribution in [1.82, 2.24) is 10.3 Å². The zero-order valence-electron chi connectivity index (χ0n) is 16.7. The lowest BCUT2D eigenvalue weighted by Gasteiger charge is -2.22. The summed E-state index contributed by atoms with van der Waals surface area (Å²) < 4.78 is 0. The summed E-state index contributed by atoms with van der Waals surface area (Å²) in [5, 5.41) is 5.75. The van der Waals surface area contributed by atoms with E-state index in [1.54, 1.807) is 12.3 Å². The number of aromatic nitrogens is 1. The second-order valence-corrected chi connectivity index (χ2v) is 7.60. The molecule has 1 saturated heterocycles. The smallest absolute Gasteiger partial charge is 0.252 e.